The largest absolute Gasteiger partial charge is 0.487 e. The van der Waals surface area contributed by atoms with E-state index in [0.717, 1.165) is 11.0 Å². The van der Waals surface area contributed by atoms with Crippen molar-refractivity contribution in [3.05, 3.63) is 101 Å². The quantitative estimate of drug-likeness (QED) is 0.0559. The van der Waals surface area contributed by atoms with Crippen LogP contribution in [-0.2, 0) is 27.1 Å². The number of fused-ring (bicyclic) bond motifs is 1. The molecule has 47 heavy (non-hydrogen) atoms. The minimum absolute atomic E-state index is 0.00103. The third kappa shape index (κ3) is 9.58. The molecule has 5 aromatic rings. The van der Waals surface area contributed by atoms with E-state index in [9.17, 15) is 9.18 Å². The number of aromatic nitrogens is 2. The first-order valence-corrected chi connectivity index (χ1v) is 15.5. The monoisotopic (exact) mass is 684 g/mol. The maximum atomic E-state index is 13.7. The Morgan fingerprint density at radius 2 is 1.96 bits per heavy atom. The maximum absolute atomic E-state index is 13.7. The van der Waals surface area contributed by atoms with Crippen LogP contribution in [0.2, 0.25) is 5.02 Å². The second-order valence-corrected chi connectivity index (χ2v) is 12.0. The van der Waals surface area contributed by atoms with Crippen molar-refractivity contribution in [1.29, 1.82) is 0 Å². The van der Waals surface area contributed by atoms with E-state index >= 15 is 0 Å². The van der Waals surface area contributed by atoms with Gasteiger partial charge in [-0.25, -0.2) is 24.0 Å². The van der Waals surface area contributed by atoms with Crippen LogP contribution in [0.5, 0.6) is 5.75 Å². The van der Waals surface area contributed by atoms with Gasteiger partial charge >= 0.3 is 6.09 Å². The lowest BCUT2D eigenvalue weighted by atomic mass is 10.1. The van der Waals surface area contributed by atoms with Crippen molar-refractivity contribution in [2.24, 2.45) is 0 Å². The van der Waals surface area contributed by atoms with Gasteiger partial charge in [-0.15, -0.1) is 0 Å². The first-order valence-electron chi connectivity index (χ1n) is 16.2. The van der Waals surface area contributed by atoms with Crippen LogP contribution in [-0.4, -0.2) is 45.9 Å². The summed E-state index contributed by atoms with van der Waals surface area (Å²) in [4.78, 5) is 27.3. The second-order valence-electron chi connectivity index (χ2n) is 10.9. The molecule has 1 N–H and O–H groups in total. The van der Waals surface area contributed by atoms with Crippen molar-refractivity contribution < 1.29 is 37.8 Å². The predicted molar refractivity (Wildman–Crippen MR) is 180 cm³/mol. The van der Waals surface area contributed by atoms with Gasteiger partial charge in [0, 0.05) is 40.9 Å². The Hall–Kier alpha value is -4.36. The van der Waals surface area contributed by atoms with Crippen molar-refractivity contribution in [2.45, 2.75) is 39.5 Å². The highest BCUT2D eigenvalue weighted by atomic mass is 35.5. The number of nitrogens with zero attached hydrogens (tertiary/aromatic N) is 3. The summed E-state index contributed by atoms with van der Waals surface area (Å²) in [6.45, 7) is 0.297. The molecule has 246 valence electrons. The molecule has 0 aliphatic heterocycles. The van der Waals surface area contributed by atoms with Gasteiger partial charge in [0.05, 0.1) is 29.7 Å². The van der Waals surface area contributed by atoms with Crippen LogP contribution in [0.4, 0.5) is 20.7 Å². The highest BCUT2D eigenvalue weighted by Crippen LogP contribution is 2.33. The number of amides is 1. The number of nitrogens with one attached hydrogen (secondary N) is 1. The number of anilines is 2. The SMILES string of the molecule is [2H]C([2H])(Oc1ccc(Nc2ncnc3ccc(-c4ccc(CN(C(=O)OC(C)(C)C)C([2H])([2H])CSOOC)o4)cc23)cc1Cl)c1cccc(F)c1. The normalized spacial score (nSPS) is 13.3. The van der Waals surface area contributed by atoms with Crippen molar-refractivity contribution in [3.63, 3.8) is 0 Å². The van der Waals surface area contributed by atoms with Gasteiger partial charge in [0.25, 0.3) is 0 Å². The number of halogens is 2. The number of carbonyl (C=O) groups is 1. The van der Waals surface area contributed by atoms with Gasteiger partial charge < -0.3 is 19.2 Å². The molecule has 0 saturated heterocycles. The molecule has 2 aromatic heterocycles. The van der Waals surface area contributed by atoms with Crippen molar-refractivity contribution in [3.8, 4) is 17.1 Å². The molecule has 10 nitrogen and oxygen atoms in total. The summed E-state index contributed by atoms with van der Waals surface area (Å²) < 4.78 is 69.3. The molecule has 0 fully saturated rings. The number of furan rings is 1. The van der Waals surface area contributed by atoms with Crippen LogP contribution >= 0.6 is 23.6 Å². The molecule has 0 bridgehead atoms. The first-order chi connectivity index (χ1) is 24.0. The van der Waals surface area contributed by atoms with Gasteiger partial charge in [-0.2, -0.15) is 4.33 Å². The lowest BCUT2D eigenvalue weighted by Gasteiger charge is -2.26. The Morgan fingerprint density at radius 1 is 1.11 bits per heavy atom. The molecular formula is C34H34ClFN4O6S. The molecule has 3 aromatic carbocycles. The lowest BCUT2D eigenvalue weighted by molar-refractivity contribution is -0.160. The molecule has 5 rings (SSSR count). The summed E-state index contributed by atoms with van der Waals surface area (Å²) in [7, 11) is 1.29. The summed E-state index contributed by atoms with van der Waals surface area (Å²) in [5.74, 6) is 0.389. The van der Waals surface area contributed by atoms with Crippen molar-refractivity contribution >= 4 is 52.1 Å². The third-order valence-electron chi connectivity index (χ3n) is 6.24. The van der Waals surface area contributed by atoms with Gasteiger partial charge in [-0.05, 0) is 87.0 Å². The Morgan fingerprint density at radius 3 is 2.72 bits per heavy atom. The summed E-state index contributed by atoms with van der Waals surface area (Å²) in [5.41, 5.74) is 0.938. The number of ether oxygens (including phenoxy) is 2. The highest BCUT2D eigenvalue weighted by molar-refractivity contribution is 7.94. The zero-order valence-electron chi connectivity index (χ0n) is 29.9. The number of hydrogen-bond donors (Lipinski definition) is 1. The van der Waals surface area contributed by atoms with E-state index < -0.39 is 30.6 Å². The maximum Gasteiger partial charge on any atom is 0.410 e. The van der Waals surface area contributed by atoms with E-state index in [0.29, 0.717) is 51.5 Å². The summed E-state index contributed by atoms with van der Waals surface area (Å²) in [6, 6.07) is 18.5. The number of carbonyl (C=O) groups excluding carboxylic acids is 1. The predicted octanol–water partition coefficient (Wildman–Crippen LogP) is 8.97. The van der Waals surface area contributed by atoms with Crippen LogP contribution in [0.25, 0.3) is 22.2 Å². The fourth-order valence-corrected chi connectivity index (χ4v) is 4.80. The molecule has 0 aliphatic carbocycles. The van der Waals surface area contributed by atoms with Crippen LogP contribution in [0.15, 0.2) is 83.5 Å². The van der Waals surface area contributed by atoms with Gasteiger partial charge in [0.15, 0.2) is 0 Å². The molecule has 0 radical (unpaired) electrons. The zero-order valence-corrected chi connectivity index (χ0v) is 27.4. The second kappa shape index (κ2) is 15.5. The third-order valence-corrected chi connectivity index (χ3v) is 7.01. The molecule has 0 spiro atoms. The van der Waals surface area contributed by atoms with E-state index in [-0.39, 0.29) is 28.6 Å². The van der Waals surface area contributed by atoms with E-state index in [1.54, 1.807) is 57.2 Å². The van der Waals surface area contributed by atoms with Crippen LogP contribution < -0.4 is 10.1 Å². The first kappa shape index (κ1) is 28.8. The topological polar surface area (TPSA) is 108 Å². The average molecular weight is 685 g/mol. The number of rotatable bonds is 13. The fraction of sp³-hybridized carbons (Fsp3) is 0.265. The summed E-state index contributed by atoms with van der Waals surface area (Å²) in [6.07, 6.45) is 0.531. The van der Waals surface area contributed by atoms with Gasteiger partial charge in [-0.1, -0.05) is 23.7 Å². The Balaban J connectivity index is 1.36. The van der Waals surface area contributed by atoms with Crippen LogP contribution in [0.1, 0.15) is 37.6 Å². The van der Waals surface area contributed by atoms with Crippen molar-refractivity contribution in [1.82, 2.24) is 14.9 Å². The highest BCUT2D eigenvalue weighted by Gasteiger charge is 2.23. The molecule has 13 heteroatoms. The van der Waals surface area contributed by atoms with Crippen LogP contribution in [0, 0.1) is 5.82 Å². The van der Waals surface area contributed by atoms with Crippen LogP contribution in [0.3, 0.4) is 0 Å². The van der Waals surface area contributed by atoms with Crippen molar-refractivity contribution in [2.75, 3.05) is 24.7 Å². The molecule has 0 atom stereocenters. The molecule has 2 heterocycles. The Bertz CT molecular complexity index is 2020. The molecule has 0 aliphatic rings. The van der Waals surface area contributed by atoms with E-state index in [2.05, 4.69) is 20.2 Å². The summed E-state index contributed by atoms with van der Waals surface area (Å²) in [5, 5.41) is 3.95. The Labute approximate surface area is 286 Å². The smallest absolute Gasteiger partial charge is 0.410 e. The number of hydrogen-bond acceptors (Lipinski definition) is 10. The van der Waals surface area contributed by atoms with E-state index in [1.165, 1.54) is 37.7 Å². The molecular weight excluding hydrogens is 647 g/mol. The standard InChI is InChI=1S/C34H34ClFN4O6S/c1-34(2,3)45-33(41)40(14-15-47-46-42-4)19-26-10-13-30(44-26)23-8-11-29-27(17-23)32(38-21-37-29)39-25-9-12-31(28(35)18-25)43-20-22-6-5-7-24(36)16-22/h5-13,16-18,21H,14-15,19-20H2,1-4H3,(H,37,38,39)/i14D2,20D2. The number of benzene rings is 3. The average Bonchev–Trinajstić information content (AvgIpc) is 3.53. The van der Waals surface area contributed by atoms with E-state index in [4.69, 9.17) is 35.3 Å². The zero-order chi connectivity index (χ0) is 37.0. The Kier molecular flexibility index (Phi) is 9.50. The minimum Gasteiger partial charge on any atom is -0.487 e. The minimum atomic E-state index is -2.34. The van der Waals surface area contributed by atoms with Gasteiger partial charge in [0.2, 0.25) is 0 Å². The fourth-order valence-electron chi connectivity index (χ4n) is 4.23. The van der Waals surface area contributed by atoms with E-state index in [1.807, 2.05) is 6.07 Å². The molecule has 0 unspecified atom stereocenters. The molecule has 0 saturated carbocycles. The van der Waals surface area contributed by atoms with Gasteiger partial charge in [0.1, 0.15) is 47.4 Å². The lowest BCUT2D eigenvalue weighted by Crippen LogP contribution is -2.37. The molecule has 1 amide bonds. The van der Waals surface area contributed by atoms with Gasteiger partial charge in [-0.3, -0.25) is 4.90 Å². The summed E-state index contributed by atoms with van der Waals surface area (Å²) >= 11 is 7.18.